The summed E-state index contributed by atoms with van der Waals surface area (Å²) in [7, 11) is 0. The van der Waals surface area contributed by atoms with Crippen molar-refractivity contribution in [2.45, 2.75) is 131 Å². The number of rotatable bonds is 8. The highest BCUT2D eigenvalue weighted by atomic mass is 16.5. The van der Waals surface area contributed by atoms with Gasteiger partial charge in [0.1, 0.15) is 11.7 Å². The van der Waals surface area contributed by atoms with E-state index >= 15 is 0 Å². The molecule has 0 bridgehead atoms. The van der Waals surface area contributed by atoms with E-state index in [1.165, 1.54) is 37.0 Å². The van der Waals surface area contributed by atoms with E-state index in [9.17, 15) is 9.59 Å². The van der Waals surface area contributed by atoms with Crippen molar-refractivity contribution in [3.8, 4) is 0 Å². The molecule has 1 heterocycles. The molecule has 5 aliphatic rings. The fraction of sp³-hybridized carbons (Fsp3) is 0.824. The monoisotopic (exact) mass is 539 g/mol. The molecule has 1 N–H and O–H groups in total. The Labute approximate surface area is 236 Å². The van der Waals surface area contributed by atoms with Crippen molar-refractivity contribution in [3.63, 3.8) is 0 Å². The van der Waals surface area contributed by atoms with Crippen LogP contribution in [-0.4, -0.2) is 30.1 Å². The molecule has 1 amide bonds. The van der Waals surface area contributed by atoms with Gasteiger partial charge in [-0.15, -0.1) is 0 Å². The first-order valence-corrected chi connectivity index (χ1v) is 16.0. The summed E-state index contributed by atoms with van der Waals surface area (Å²) in [5, 5.41) is 2.97. The van der Waals surface area contributed by atoms with Crippen molar-refractivity contribution in [1.29, 1.82) is 0 Å². The van der Waals surface area contributed by atoms with Crippen LogP contribution >= 0.6 is 0 Å². The smallest absolute Gasteiger partial charge is 0.305 e. The van der Waals surface area contributed by atoms with Gasteiger partial charge in [-0.25, -0.2) is 0 Å². The fourth-order valence-corrected chi connectivity index (χ4v) is 10.1. The van der Waals surface area contributed by atoms with E-state index in [-0.39, 0.29) is 29.0 Å². The van der Waals surface area contributed by atoms with Gasteiger partial charge in [0.2, 0.25) is 5.91 Å². The van der Waals surface area contributed by atoms with Crippen molar-refractivity contribution >= 4 is 11.9 Å². The lowest BCUT2D eigenvalue weighted by Gasteiger charge is -2.58. The molecule has 1 aliphatic heterocycles. The van der Waals surface area contributed by atoms with Crippen molar-refractivity contribution in [3.05, 3.63) is 23.0 Å². The lowest BCUT2D eigenvalue weighted by Crippen LogP contribution is -2.50. The number of hydrogen-bond donors (Lipinski definition) is 1. The number of hydrogen-bond acceptors (Lipinski definition) is 4. The second-order valence-corrected chi connectivity index (χ2v) is 14.4. The molecule has 0 radical (unpaired) electrons. The summed E-state index contributed by atoms with van der Waals surface area (Å²) in [5.74, 6) is 4.35. The molecular formula is C34H53NO4. The number of allylic oxidation sites excluding steroid dienone is 2. The van der Waals surface area contributed by atoms with Crippen LogP contribution in [0.1, 0.15) is 119 Å². The van der Waals surface area contributed by atoms with Gasteiger partial charge in [0.25, 0.3) is 0 Å². The van der Waals surface area contributed by atoms with Crippen LogP contribution in [0.15, 0.2) is 23.0 Å². The highest BCUT2D eigenvalue weighted by molar-refractivity contribution is 5.72. The largest absolute Gasteiger partial charge is 0.491 e. The van der Waals surface area contributed by atoms with Gasteiger partial charge in [0, 0.05) is 38.6 Å². The van der Waals surface area contributed by atoms with Gasteiger partial charge in [-0.05, 0) is 98.4 Å². The van der Waals surface area contributed by atoms with Gasteiger partial charge >= 0.3 is 5.97 Å². The Hall–Kier alpha value is -1.78. The molecular weight excluding hydrogens is 486 g/mol. The molecule has 0 saturated heterocycles. The minimum atomic E-state index is -0.0568. The number of nitrogens with one attached hydrogen (secondary N) is 1. The van der Waals surface area contributed by atoms with E-state index in [4.69, 9.17) is 9.47 Å². The number of amides is 1. The normalized spacial score (nSPS) is 41.4. The van der Waals surface area contributed by atoms with Crippen LogP contribution in [0, 0.1) is 40.4 Å². The van der Waals surface area contributed by atoms with Crippen LogP contribution < -0.4 is 5.32 Å². The zero-order valence-corrected chi connectivity index (χ0v) is 25.7. The van der Waals surface area contributed by atoms with Crippen LogP contribution in [0.2, 0.25) is 0 Å². The zero-order valence-electron chi connectivity index (χ0n) is 25.7. The second-order valence-electron chi connectivity index (χ2n) is 14.4. The van der Waals surface area contributed by atoms with Crippen LogP contribution in [0.25, 0.3) is 0 Å². The first-order chi connectivity index (χ1) is 18.5. The molecule has 5 nitrogen and oxygen atoms in total. The summed E-state index contributed by atoms with van der Waals surface area (Å²) in [6.07, 6.45) is 14.2. The Morgan fingerprint density at radius 3 is 2.64 bits per heavy atom. The molecule has 4 aliphatic carbocycles. The number of carbonyl (C=O) groups excluding carboxylic acids is 2. The van der Waals surface area contributed by atoms with Crippen molar-refractivity contribution in [2.24, 2.45) is 40.4 Å². The number of carbonyl (C=O) groups is 2. The molecule has 0 aromatic heterocycles. The quantitative estimate of drug-likeness (QED) is 0.256. The van der Waals surface area contributed by atoms with E-state index < -0.39 is 0 Å². The van der Waals surface area contributed by atoms with E-state index in [0.29, 0.717) is 29.6 Å². The Bertz CT molecular complexity index is 1050. The van der Waals surface area contributed by atoms with Gasteiger partial charge in [-0.2, -0.15) is 0 Å². The van der Waals surface area contributed by atoms with E-state index in [0.717, 1.165) is 56.9 Å². The topological polar surface area (TPSA) is 64.6 Å². The molecule has 5 heteroatoms. The standard InChI is InChI=1S/C34H53NO4/c1-8-30(37)38-25-14-16-32(6)24(18-25)11-12-26-27(32)15-17-33(7)28(26)19-34(9-2)31(33)22(4)29(39-34)13-10-21(3)20-35-23(5)36/h11,21,25-28,31H,8-10,12-20H2,1-7H3,(H,35,36)/t21-,25+,26-,27+,28+,31-,32+,33+,34+/m1/s1. The van der Waals surface area contributed by atoms with Gasteiger partial charge in [0.15, 0.2) is 0 Å². The molecule has 0 unspecified atom stereocenters. The van der Waals surface area contributed by atoms with Gasteiger partial charge in [-0.3, -0.25) is 9.59 Å². The molecule has 0 aromatic carbocycles. The minimum Gasteiger partial charge on any atom is -0.491 e. The highest BCUT2D eigenvalue weighted by Gasteiger charge is 2.68. The average Bonchev–Trinajstić information content (AvgIpc) is 3.34. The maximum absolute atomic E-state index is 12.0. The lowest BCUT2D eigenvalue weighted by molar-refractivity contribution is -0.151. The predicted molar refractivity (Wildman–Crippen MR) is 155 cm³/mol. The summed E-state index contributed by atoms with van der Waals surface area (Å²) in [6, 6.07) is 0. The predicted octanol–water partition coefficient (Wildman–Crippen LogP) is 7.50. The van der Waals surface area contributed by atoms with E-state index in [2.05, 4.69) is 46.0 Å². The Balaban J connectivity index is 1.34. The van der Waals surface area contributed by atoms with Crippen molar-refractivity contribution in [1.82, 2.24) is 5.32 Å². The average molecular weight is 540 g/mol. The third kappa shape index (κ3) is 4.78. The van der Waals surface area contributed by atoms with Crippen molar-refractivity contribution in [2.75, 3.05) is 6.54 Å². The maximum atomic E-state index is 12.0. The molecule has 39 heavy (non-hydrogen) atoms. The van der Waals surface area contributed by atoms with Gasteiger partial charge < -0.3 is 14.8 Å². The van der Waals surface area contributed by atoms with Crippen LogP contribution in [-0.2, 0) is 19.1 Å². The fourth-order valence-electron chi connectivity index (χ4n) is 10.1. The second kappa shape index (κ2) is 10.6. The molecule has 3 saturated carbocycles. The van der Waals surface area contributed by atoms with Crippen LogP contribution in [0.5, 0.6) is 0 Å². The van der Waals surface area contributed by atoms with Crippen LogP contribution in [0.4, 0.5) is 0 Å². The summed E-state index contributed by atoms with van der Waals surface area (Å²) in [5.41, 5.74) is 3.57. The summed E-state index contributed by atoms with van der Waals surface area (Å²) in [4.78, 5) is 23.3. The first kappa shape index (κ1) is 28.7. The summed E-state index contributed by atoms with van der Waals surface area (Å²) >= 11 is 0. The molecule has 5 rings (SSSR count). The molecule has 0 aromatic rings. The van der Waals surface area contributed by atoms with Gasteiger partial charge in [0.05, 0.1) is 5.76 Å². The number of fused-ring (bicyclic) bond motifs is 7. The van der Waals surface area contributed by atoms with E-state index in [1.54, 1.807) is 12.5 Å². The van der Waals surface area contributed by atoms with Gasteiger partial charge in [-0.1, -0.05) is 46.3 Å². The Morgan fingerprint density at radius 1 is 1.18 bits per heavy atom. The summed E-state index contributed by atoms with van der Waals surface area (Å²) in [6.45, 7) is 16.3. The molecule has 9 atom stereocenters. The number of esters is 1. The lowest BCUT2D eigenvalue weighted by atomic mass is 9.47. The molecule has 0 spiro atoms. The van der Waals surface area contributed by atoms with Crippen molar-refractivity contribution < 1.29 is 19.1 Å². The molecule has 218 valence electrons. The third-order valence-electron chi connectivity index (χ3n) is 12.2. The highest BCUT2D eigenvalue weighted by Crippen LogP contribution is 2.72. The third-order valence-corrected chi connectivity index (χ3v) is 12.2. The van der Waals surface area contributed by atoms with E-state index in [1.807, 2.05) is 6.92 Å². The first-order valence-electron chi connectivity index (χ1n) is 16.0. The molecule has 3 fully saturated rings. The Morgan fingerprint density at radius 2 is 1.95 bits per heavy atom. The zero-order chi connectivity index (χ0) is 28.2. The summed E-state index contributed by atoms with van der Waals surface area (Å²) < 4.78 is 12.9. The van der Waals surface area contributed by atoms with Crippen LogP contribution in [0.3, 0.4) is 0 Å². The maximum Gasteiger partial charge on any atom is 0.305 e. The SMILES string of the molecule is CCC(=O)O[C@H]1CC[C@@]2(C)C(=CC[C@H]3[C@@H]4C[C@]5(CC)OC(CC[C@@H](C)CNC(C)=O)=C(C)[C@@H]5[C@@]4(C)CC[C@@H]32)C1. The minimum absolute atomic E-state index is 0.0501. The number of ether oxygens (including phenoxy) is 2. The Kier molecular flexibility index (Phi) is 7.78.